The van der Waals surface area contributed by atoms with Gasteiger partial charge in [-0.15, -0.1) is 0 Å². The fourth-order valence-electron chi connectivity index (χ4n) is 1.67. The number of halogens is 1. The molecule has 0 aliphatic heterocycles. The first kappa shape index (κ1) is 17.0. The number of aliphatic hydroxyl groups excluding tert-OH is 1. The summed E-state index contributed by atoms with van der Waals surface area (Å²) in [4.78, 5) is 0. The van der Waals surface area contributed by atoms with E-state index in [1.54, 1.807) is 27.2 Å². The van der Waals surface area contributed by atoms with Crippen LogP contribution in [0.5, 0.6) is 11.5 Å². The molecule has 1 aromatic carbocycles. The first-order valence-electron chi connectivity index (χ1n) is 6.45. The van der Waals surface area contributed by atoms with Crippen LogP contribution in [0.15, 0.2) is 12.1 Å². The van der Waals surface area contributed by atoms with Crippen molar-refractivity contribution in [1.29, 1.82) is 0 Å². The van der Waals surface area contributed by atoms with Crippen LogP contribution < -0.4 is 14.8 Å². The molecular weight excluding hydrogens is 282 g/mol. The molecule has 0 bridgehead atoms. The molecule has 6 heteroatoms. The summed E-state index contributed by atoms with van der Waals surface area (Å²) in [5.41, 5.74) is 0.881. The quantitative estimate of drug-likeness (QED) is 0.682. The van der Waals surface area contributed by atoms with Crippen molar-refractivity contribution in [1.82, 2.24) is 5.32 Å². The number of hydrogen-bond acceptors (Lipinski definition) is 5. The summed E-state index contributed by atoms with van der Waals surface area (Å²) in [6, 6.07) is 3.51. The van der Waals surface area contributed by atoms with Gasteiger partial charge in [-0.25, -0.2) is 0 Å². The van der Waals surface area contributed by atoms with E-state index in [1.165, 1.54) is 0 Å². The summed E-state index contributed by atoms with van der Waals surface area (Å²) in [6.45, 7) is 3.79. The summed E-state index contributed by atoms with van der Waals surface area (Å²) in [7, 11) is 3.21. The Balaban J connectivity index is 2.84. The van der Waals surface area contributed by atoms with Crippen LogP contribution in [0.2, 0.25) is 5.02 Å². The molecule has 0 radical (unpaired) electrons. The van der Waals surface area contributed by atoms with Crippen molar-refractivity contribution in [3.8, 4) is 11.5 Å². The minimum Gasteiger partial charge on any atom is -0.493 e. The zero-order chi connectivity index (χ0) is 15.0. The lowest BCUT2D eigenvalue weighted by atomic mass is 10.1. The maximum absolute atomic E-state index is 9.34. The van der Waals surface area contributed by atoms with Crippen molar-refractivity contribution in [2.24, 2.45) is 0 Å². The number of benzene rings is 1. The maximum atomic E-state index is 9.34. The van der Waals surface area contributed by atoms with E-state index in [9.17, 15) is 5.11 Å². The highest BCUT2D eigenvalue weighted by Crippen LogP contribution is 2.34. The van der Waals surface area contributed by atoms with Gasteiger partial charge in [-0.05, 0) is 13.0 Å². The molecule has 1 rings (SSSR count). The lowest BCUT2D eigenvalue weighted by molar-refractivity contribution is 0.120. The summed E-state index contributed by atoms with van der Waals surface area (Å²) < 4.78 is 15.9. The molecule has 0 aliphatic carbocycles. The summed E-state index contributed by atoms with van der Waals surface area (Å²) in [5.74, 6) is 1.16. The van der Waals surface area contributed by atoms with E-state index >= 15 is 0 Å². The lowest BCUT2D eigenvalue weighted by Gasteiger charge is -2.17. The van der Waals surface area contributed by atoms with E-state index in [0.717, 1.165) is 12.1 Å². The molecule has 20 heavy (non-hydrogen) atoms. The van der Waals surface area contributed by atoms with Gasteiger partial charge in [0, 0.05) is 36.9 Å². The van der Waals surface area contributed by atoms with Crippen molar-refractivity contribution in [2.45, 2.75) is 19.6 Å². The molecule has 0 aliphatic rings. The minimum absolute atomic E-state index is 0.197. The average Bonchev–Trinajstić information content (AvgIpc) is 2.41. The average molecular weight is 304 g/mol. The Morgan fingerprint density at radius 3 is 2.70 bits per heavy atom. The van der Waals surface area contributed by atoms with Gasteiger partial charge in [0.25, 0.3) is 0 Å². The Morgan fingerprint density at radius 1 is 1.35 bits per heavy atom. The smallest absolute Gasteiger partial charge is 0.165 e. The molecule has 0 amide bonds. The predicted molar refractivity (Wildman–Crippen MR) is 78.8 cm³/mol. The fourth-order valence-corrected chi connectivity index (χ4v) is 1.90. The molecule has 0 saturated carbocycles. The van der Waals surface area contributed by atoms with Crippen LogP contribution in [0.4, 0.5) is 0 Å². The third-order valence-corrected chi connectivity index (χ3v) is 2.80. The van der Waals surface area contributed by atoms with Crippen molar-refractivity contribution in [3.63, 3.8) is 0 Å². The molecule has 1 atom stereocenters. The molecule has 0 heterocycles. The van der Waals surface area contributed by atoms with Gasteiger partial charge >= 0.3 is 0 Å². The van der Waals surface area contributed by atoms with Crippen molar-refractivity contribution >= 4 is 11.6 Å². The van der Waals surface area contributed by atoms with Gasteiger partial charge in [-0.3, -0.25) is 0 Å². The molecule has 1 unspecified atom stereocenters. The highest BCUT2D eigenvalue weighted by atomic mass is 35.5. The predicted octanol–water partition coefficient (Wildman–Crippen LogP) is 1.84. The van der Waals surface area contributed by atoms with Crippen molar-refractivity contribution in [3.05, 3.63) is 22.7 Å². The van der Waals surface area contributed by atoms with E-state index in [2.05, 4.69) is 5.32 Å². The highest BCUT2D eigenvalue weighted by molar-refractivity contribution is 6.30. The number of nitrogens with one attached hydrogen (secondary N) is 1. The van der Waals surface area contributed by atoms with E-state index in [1.807, 2.05) is 6.07 Å². The largest absolute Gasteiger partial charge is 0.493 e. The van der Waals surface area contributed by atoms with Crippen LogP contribution in [0.25, 0.3) is 0 Å². The number of hydrogen-bond donors (Lipinski definition) is 2. The van der Waals surface area contributed by atoms with E-state index in [4.69, 9.17) is 25.8 Å². The van der Waals surface area contributed by atoms with Crippen LogP contribution >= 0.6 is 11.6 Å². The number of ether oxygens (including phenoxy) is 3. The topological polar surface area (TPSA) is 60.0 Å². The third kappa shape index (κ3) is 5.54. The molecule has 5 nitrogen and oxygen atoms in total. The molecule has 1 aromatic rings. The van der Waals surface area contributed by atoms with Crippen LogP contribution in [-0.2, 0) is 11.3 Å². The number of aliphatic hydroxyl groups is 1. The number of rotatable bonds is 9. The van der Waals surface area contributed by atoms with Gasteiger partial charge in [0.1, 0.15) is 6.61 Å². The van der Waals surface area contributed by atoms with Crippen molar-refractivity contribution in [2.75, 3.05) is 34.0 Å². The van der Waals surface area contributed by atoms with Gasteiger partial charge in [0.2, 0.25) is 0 Å². The first-order chi connectivity index (χ1) is 9.58. The third-order valence-electron chi connectivity index (χ3n) is 2.58. The molecular formula is C14H22ClNO4. The second-order valence-corrected chi connectivity index (χ2v) is 4.86. The van der Waals surface area contributed by atoms with Crippen molar-refractivity contribution < 1.29 is 19.3 Å². The zero-order valence-electron chi connectivity index (χ0n) is 12.1. The maximum Gasteiger partial charge on any atom is 0.165 e. The highest BCUT2D eigenvalue weighted by Gasteiger charge is 2.13. The molecule has 2 N–H and O–H groups in total. The molecule has 114 valence electrons. The first-order valence-corrected chi connectivity index (χ1v) is 6.83. The minimum atomic E-state index is -0.551. The normalized spacial score (nSPS) is 12.2. The second-order valence-electron chi connectivity index (χ2n) is 4.43. The number of methoxy groups -OCH3 is 2. The van der Waals surface area contributed by atoms with Crippen LogP contribution in [0, 0.1) is 0 Å². The molecule has 0 spiro atoms. The van der Waals surface area contributed by atoms with E-state index in [-0.39, 0.29) is 6.61 Å². The zero-order valence-corrected chi connectivity index (χ0v) is 12.9. The van der Waals surface area contributed by atoms with Crippen LogP contribution in [0.3, 0.4) is 0 Å². The molecule has 0 saturated heterocycles. The van der Waals surface area contributed by atoms with E-state index < -0.39 is 6.10 Å². The van der Waals surface area contributed by atoms with Crippen LogP contribution in [0.1, 0.15) is 12.5 Å². The standard InChI is InChI=1S/C14H22ClNO4/c1-10(17)9-20-14-11(8-16-4-5-18-2)6-12(15)7-13(14)19-3/h6-7,10,16-17H,4-5,8-9H2,1-3H3. The van der Waals surface area contributed by atoms with Gasteiger partial charge in [0.15, 0.2) is 11.5 Å². The van der Waals surface area contributed by atoms with Gasteiger partial charge in [-0.2, -0.15) is 0 Å². The Hall–Kier alpha value is -1.01. The van der Waals surface area contributed by atoms with E-state index in [0.29, 0.717) is 29.7 Å². The Labute approximate surface area is 124 Å². The van der Waals surface area contributed by atoms with Gasteiger partial charge < -0.3 is 24.6 Å². The fraction of sp³-hybridized carbons (Fsp3) is 0.571. The molecule has 0 aromatic heterocycles. The Morgan fingerprint density at radius 2 is 2.10 bits per heavy atom. The SMILES string of the molecule is COCCNCc1cc(Cl)cc(OC)c1OCC(C)O. The van der Waals surface area contributed by atoms with Crippen LogP contribution in [-0.4, -0.2) is 45.2 Å². The Kier molecular flexibility index (Phi) is 7.69. The van der Waals surface area contributed by atoms with Gasteiger partial charge in [-0.1, -0.05) is 11.6 Å². The molecule has 0 fully saturated rings. The summed E-state index contributed by atoms with van der Waals surface area (Å²) >= 11 is 6.07. The summed E-state index contributed by atoms with van der Waals surface area (Å²) in [6.07, 6.45) is -0.551. The van der Waals surface area contributed by atoms with Gasteiger partial charge in [0.05, 0.1) is 19.8 Å². The lowest BCUT2D eigenvalue weighted by Crippen LogP contribution is -2.20. The monoisotopic (exact) mass is 303 g/mol. The Bertz CT molecular complexity index is 412. The summed E-state index contributed by atoms with van der Waals surface area (Å²) in [5, 5.41) is 13.2. The second kappa shape index (κ2) is 9.02.